The van der Waals surface area contributed by atoms with Gasteiger partial charge in [-0.25, -0.2) is 4.79 Å². The number of furan rings is 1. The number of nitrogens with one attached hydrogen (secondary N) is 1. The van der Waals surface area contributed by atoms with Gasteiger partial charge in [0.1, 0.15) is 17.1 Å². The highest BCUT2D eigenvalue weighted by Crippen LogP contribution is 2.19. The third-order valence-electron chi connectivity index (χ3n) is 4.12. The van der Waals surface area contributed by atoms with E-state index < -0.39 is 5.97 Å². The lowest BCUT2D eigenvalue weighted by Crippen LogP contribution is -2.21. The second-order valence-corrected chi connectivity index (χ2v) is 6.27. The Labute approximate surface area is 158 Å². The minimum Gasteiger partial charge on any atom is -0.466 e. The standard InChI is InChI=1S/C22H21NO4/c1-15-12-19(16(2)27-15)22(25)26-14-21(24)23-20-11-7-6-10-18(20)13-17-8-4-3-5-9-17/h3-12H,13-14H2,1-2H3,(H,23,24). The van der Waals surface area contributed by atoms with Crippen LogP contribution in [0.1, 0.15) is 33.0 Å². The van der Waals surface area contributed by atoms with Gasteiger partial charge in [0, 0.05) is 5.69 Å². The van der Waals surface area contributed by atoms with Gasteiger partial charge < -0.3 is 14.5 Å². The number of rotatable bonds is 6. The molecule has 3 aromatic rings. The average Bonchev–Trinajstić information content (AvgIpc) is 3.00. The van der Waals surface area contributed by atoms with Crippen LogP contribution in [0.15, 0.2) is 65.1 Å². The summed E-state index contributed by atoms with van der Waals surface area (Å²) < 4.78 is 10.4. The Morgan fingerprint density at radius 2 is 1.70 bits per heavy atom. The van der Waals surface area contributed by atoms with Crippen molar-refractivity contribution < 1.29 is 18.7 Å². The van der Waals surface area contributed by atoms with Crippen molar-refractivity contribution >= 4 is 17.6 Å². The molecule has 0 saturated carbocycles. The third kappa shape index (κ3) is 4.85. The van der Waals surface area contributed by atoms with Gasteiger partial charge in [0.25, 0.3) is 5.91 Å². The van der Waals surface area contributed by atoms with Crippen molar-refractivity contribution in [2.45, 2.75) is 20.3 Å². The number of esters is 1. The van der Waals surface area contributed by atoms with Crippen LogP contribution in [0.25, 0.3) is 0 Å². The zero-order valence-corrected chi connectivity index (χ0v) is 15.3. The van der Waals surface area contributed by atoms with Crippen LogP contribution in [0, 0.1) is 13.8 Å². The van der Waals surface area contributed by atoms with Crippen molar-refractivity contribution in [1.82, 2.24) is 0 Å². The Bertz CT molecular complexity index is 944. The zero-order chi connectivity index (χ0) is 19.2. The fourth-order valence-electron chi connectivity index (χ4n) is 2.84. The molecule has 3 rings (SSSR count). The van der Waals surface area contributed by atoms with E-state index in [-0.39, 0.29) is 12.5 Å². The highest BCUT2D eigenvalue weighted by atomic mass is 16.5. The first-order chi connectivity index (χ1) is 13.0. The van der Waals surface area contributed by atoms with Crippen LogP contribution in [0.2, 0.25) is 0 Å². The lowest BCUT2D eigenvalue weighted by atomic mass is 10.0. The van der Waals surface area contributed by atoms with Crippen LogP contribution in [0.4, 0.5) is 5.69 Å². The average molecular weight is 363 g/mol. The summed E-state index contributed by atoms with van der Waals surface area (Å²) in [7, 11) is 0. The number of para-hydroxylation sites is 1. The molecule has 1 amide bonds. The van der Waals surface area contributed by atoms with Crippen molar-refractivity contribution in [1.29, 1.82) is 0 Å². The van der Waals surface area contributed by atoms with Gasteiger partial charge >= 0.3 is 5.97 Å². The highest BCUT2D eigenvalue weighted by Gasteiger charge is 2.16. The van der Waals surface area contributed by atoms with Crippen molar-refractivity contribution in [2.24, 2.45) is 0 Å². The van der Waals surface area contributed by atoms with Gasteiger partial charge in [-0.1, -0.05) is 48.5 Å². The van der Waals surface area contributed by atoms with Crippen LogP contribution in [-0.2, 0) is 16.0 Å². The first kappa shape index (κ1) is 18.5. The lowest BCUT2D eigenvalue weighted by Gasteiger charge is -2.11. The van der Waals surface area contributed by atoms with Gasteiger partial charge in [-0.2, -0.15) is 0 Å². The summed E-state index contributed by atoms with van der Waals surface area (Å²) in [6.07, 6.45) is 0.699. The van der Waals surface area contributed by atoms with E-state index in [0.29, 0.717) is 29.2 Å². The van der Waals surface area contributed by atoms with Gasteiger partial charge in [-0.15, -0.1) is 0 Å². The molecule has 0 unspecified atom stereocenters. The first-order valence-electron chi connectivity index (χ1n) is 8.69. The maximum absolute atomic E-state index is 12.2. The van der Waals surface area contributed by atoms with E-state index in [1.54, 1.807) is 19.9 Å². The van der Waals surface area contributed by atoms with Gasteiger partial charge in [0.2, 0.25) is 0 Å². The van der Waals surface area contributed by atoms with Crippen molar-refractivity contribution in [3.8, 4) is 0 Å². The lowest BCUT2D eigenvalue weighted by molar-refractivity contribution is -0.119. The quantitative estimate of drug-likeness (QED) is 0.664. The number of amides is 1. The second kappa shape index (κ2) is 8.36. The molecule has 0 fully saturated rings. The summed E-state index contributed by atoms with van der Waals surface area (Å²) in [5.41, 5.74) is 3.18. The number of anilines is 1. The van der Waals surface area contributed by atoms with E-state index >= 15 is 0 Å². The summed E-state index contributed by atoms with van der Waals surface area (Å²) in [5, 5.41) is 2.82. The topological polar surface area (TPSA) is 68.5 Å². The van der Waals surface area contributed by atoms with E-state index in [9.17, 15) is 9.59 Å². The molecule has 1 N–H and O–H groups in total. The molecule has 0 aliphatic rings. The SMILES string of the molecule is Cc1cc(C(=O)OCC(=O)Nc2ccccc2Cc2ccccc2)c(C)o1. The molecule has 5 nitrogen and oxygen atoms in total. The Hall–Kier alpha value is -3.34. The molecule has 0 aliphatic heterocycles. The Morgan fingerprint density at radius 3 is 2.41 bits per heavy atom. The zero-order valence-electron chi connectivity index (χ0n) is 15.3. The molecule has 0 saturated heterocycles. The van der Waals surface area contributed by atoms with Crippen LogP contribution in [0.5, 0.6) is 0 Å². The van der Waals surface area contributed by atoms with E-state index in [2.05, 4.69) is 5.32 Å². The monoisotopic (exact) mass is 363 g/mol. The number of hydrogen-bond donors (Lipinski definition) is 1. The predicted octanol–water partition coefficient (Wildman–Crippen LogP) is 4.28. The number of aryl methyl sites for hydroxylation is 2. The predicted molar refractivity (Wildman–Crippen MR) is 103 cm³/mol. The molecule has 5 heteroatoms. The highest BCUT2D eigenvalue weighted by molar-refractivity contribution is 5.96. The minimum atomic E-state index is -0.572. The smallest absolute Gasteiger partial charge is 0.342 e. The fraction of sp³-hybridized carbons (Fsp3) is 0.182. The van der Waals surface area contributed by atoms with E-state index in [1.165, 1.54) is 0 Å². The van der Waals surface area contributed by atoms with E-state index in [4.69, 9.17) is 9.15 Å². The number of carbonyl (C=O) groups is 2. The molecule has 138 valence electrons. The van der Waals surface area contributed by atoms with Crippen molar-refractivity contribution in [3.05, 3.63) is 88.9 Å². The van der Waals surface area contributed by atoms with E-state index in [1.807, 2.05) is 54.6 Å². The first-order valence-corrected chi connectivity index (χ1v) is 8.69. The van der Waals surface area contributed by atoms with Gasteiger partial charge in [-0.05, 0) is 43.5 Å². The summed E-state index contributed by atoms with van der Waals surface area (Å²) in [4.78, 5) is 24.3. The summed E-state index contributed by atoms with van der Waals surface area (Å²) in [6.45, 7) is 3.08. The maximum Gasteiger partial charge on any atom is 0.342 e. The third-order valence-corrected chi connectivity index (χ3v) is 4.12. The van der Waals surface area contributed by atoms with Gasteiger partial charge in [-0.3, -0.25) is 4.79 Å². The molecular formula is C22H21NO4. The summed E-state index contributed by atoms with van der Waals surface area (Å²) in [5.74, 6) is 0.142. The number of carbonyl (C=O) groups excluding carboxylic acids is 2. The second-order valence-electron chi connectivity index (χ2n) is 6.27. The summed E-state index contributed by atoms with van der Waals surface area (Å²) >= 11 is 0. The number of ether oxygens (including phenoxy) is 1. The molecule has 0 atom stereocenters. The van der Waals surface area contributed by atoms with Crippen LogP contribution >= 0.6 is 0 Å². The van der Waals surface area contributed by atoms with E-state index in [0.717, 1.165) is 11.1 Å². The molecule has 2 aromatic carbocycles. The fourth-order valence-corrected chi connectivity index (χ4v) is 2.84. The molecule has 27 heavy (non-hydrogen) atoms. The number of hydrogen-bond acceptors (Lipinski definition) is 4. The van der Waals surface area contributed by atoms with Crippen LogP contribution in [-0.4, -0.2) is 18.5 Å². The minimum absolute atomic E-state index is 0.338. The van der Waals surface area contributed by atoms with Crippen LogP contribution < -0.4 is 5.32 Å². The maximum atomic E-state index is 12.2. The molecule has 0 aliphatic carbocycles. The molecule has 0 radical (unpaired) electrons. The Kier molecular flexibility index (Phi) is 5.71. The number of benzene rings is 2. The Morgan fingerprint density at radius 1 is 1.00 bits per heavy atom. The van der Waals surface area contributed by atoms with Crippen molar-refractivity contribution in [3.63, 3.8) is 0 Å². The van der Waals surface area contributed by atoms with Crippen molar-refractivity contribution in [2.75, 3.05) is 11.9 Å². The molecule has 0 spiro atoms. The normalized spacial score (nSPS) is 10.4. The molecule has 0 bridgehead atoms. The molecule has 1 aromatic heterocycles. The molecular weight excluding hydrogens is 342 g/mol. The van der Waals surface area contributed by atoms with Gasteiger partial charge in [0.05, 0.1) is 0 Å². The van der Waals surface area contributed by atoms with Gasteiger partial charge in [0.15, 0.2) is 6.61 Å². The molecule has 1 heterocycles. The Balaban J connectivity index is 1.61. The van der Waals surface area contributed by atoms with Crippen LogP contribution in [0.3, 0.4) is 0 Å². The largest absolute Gasteiger partial charge is 0.466 e. The summed E-state index contributed by atoms with van der Waals surface area (Å²) in [6, 6.07) is 19.2.